The molecule has 8 nitrogen and oxygen atoms in total. The molecule has 4 aromatic rings. The highest BCUT2D eigenvalue weighted by atomic mass is 35.5. The van der Waals surface area contributed by atoms with E-state index in [1.807, 2.05) is 41.6 Å². The minimum absolute atomic E-state index is 0. The molecule has 3 N–H and O–H groups in total. The maximum absolute atomic E-state index is 13.3. The second-order valence-electron chi connectivity index (χ2n) is 9.68. The van der Waals surface area contributed by atoms with Crippen molar-refractivity contribution in [2.45, 2.75) is 32.4 Å². The molecule has 2 aromatic heterocycles. The van der Waals surface area contributed by atoms with Crippen molar-refractivity contribution in [1.29, 1.82) is 0 Å². The Morgan fingerprint density at radius 2 is 2.06 bits per heavy atom. The fraction of sp³-hybridized carbons (Fsp3) is 0.407. The summed E-state index contributed by atoms with van der Waals surface area (Å²) in [5.41, 5.74) is 10.3. The van der Waals surface area contributed by atoms with E-state index in [-0.39, 0.29) is 36.9 Å². The number of hydrogen-bond donors (Lipinski definition) is 2. The minimum atomic E-state index is -0.0431. The van der Waals surface area contributed by atoms with Crippen molar-refractivity contribution in [2.24, 2.45) is 18.7 Å². The molecule has 0 bridgehead atoms. The number of fused-ring (bicyclic) bond motifs is 2. The average molecular weight is 512 g/mol. The molecule has 1 aliphatic heterocycles. The number of aliphatic hydroxyl groups is 1. The number of aryl methyl sites for hydroxylation is 1. The Morgan fingerprint density at radius 3 is 2.78 bits per heavy atom. The van der Waals surface area contributed by atoms with Gasteiger partial charge in [-0.1, -0.05) is 25.1 Å². The van der Waals surface area contributed by atoms with E-state index < -0.39 is 0 Å². The number of methoxy groups -OCH3 is 1. The highest BCUT2D eigenvalue weighted by Gasteiger charge is 2.25. The summed E-state index contributed by atoms with van der Waals surface area (Å²) in [4.78, 5) is 20.1. The number of hydrogen-bond acceptors (Lipinski definition) is 5. The SMILES string of the molecule is COc1cc(C(=O)N2CCC[C@@H](N)C2)cc2nc(-c3cc4ccccc4n3C[C@H](C)CO)n(C)c12.Cl. The molecule has 9 heteroatoms. The quantitative estimate of drug-likeness (QED) is 0.410. The summed E-state index contributed by atoms with van der Waals surface area (Å²) in [5, 5.41) is 10.8. The maximum Gasteiger partial charge on any atom is 0.254 e. The zero-order valence-corrected chi connectivity index (χ0v) is 21.8. The van der Waals surface area contributed by atoms with Gasteiger partial charge in [-0.05, 0) is 43.0 Å². The van der Waals surface area contributed by atoms with Gasteiger partial charge in [0.25, 0.3) is 5.91 Å². The van der Waals surface area contributed by atoms with Crippen LogP contribution in [0.4, 0.5) is 0 Å². The molecule has 3 heterocycles. The smallest absolute Gasteiger partial charge is 0.254 e. The number of nitrogens with zero attached hydrogens (tertiary/aromatic N) is 4. The van der Waals surface area contributed by atoms with Crippen LogP contribution in [0.15, 0.2) is 42.5 Å². The van der Waals surface area contributed by atoms with Gasteiger partial charge in [-0.2, -0.15) is 0 Å². The summed E-state index contributed by atoms with van der Waals surface area (Å²) in [6.45, 7) is 4.08. The topological polar surface area (TPSA) is 98.5 Å². The Hall–Kier alpha value is -3.07. The van der Waals surface area contributed by atoms with Crippen LogP contribution in [-0.2, 0) is 13.6 Å². The van der Waals surface area contributed by atoms with Crippen LogP contribution in [0.2, 0.25) is 0 Å². The summed E-state index contributed by atoms with van der Waals surface area (Å²) >= 11 is 0. The number of carbonyl (C=O) groups excluding carboxylic acids is 1. The van der Waals surface area contributed by atoms with E-state index in [1.54, 1.807) is 13.2 Å². The standard InChI is InChI=1S/C27H33N5O3.ClH/c1-17(16-33)14-32-22-9-5-4-7-18(22)12-23(32)26-29-21-11-19(13-24(35-3)25(21)30(26)2)27(34)31-10-6-8-20(28)15-31;/h4-5,7,9,11-13,17,20,33H,6,8,10,14-16,28H2,1-3H3;1H/t17-,20+;/m0./s1. The normalized spacial score (nSPS) is 16.8. The first-order chi connectivity index (χ1) is 16.9. The molecule has 5 rings (SSSR count). The number of carbonyl (C=O) groups is 1. The van der Waals surface area contributed by atoms with Gasteiger partial charge < -0.3 is 29.6 Å². The number of benzene rings is 2. The lowest BCUT2D eigenvalue weighted by Gasteiger charge is -2.30. The van der Waals surface area contributed by atoms with E-state index in [0.29, 0.717) is 36.5 Å². The van der Waals surface area contributed by atoms with Gasteiger partial charge >= 0.3 is 0 Å². The van der Waals surface area contributed by atoms with Crippen LogP contribution in [0, 0.1) is 5.92 Å². The second-order valence-corrected chi connectivity index (χ2v) is 9.68. The number of halogens is 1. The van der Waals surface area contributed by atoms with Crippen molar-refractivity contribution < 1.29 is 14.6 Å². The van der Waals surface area contributed by atoms with Crippen LogP contribution in [0.5, 0.6) is 5.75 Å². The molecular formula is C27H34ClN5O3. The van der Waals surface area contributed by atoms with Gasteiger partial charge in [0, 0.05) is 55.8 Å². The van der Waals surface area contributed by atoms with E-state index in [2.05, 4.69) is 22.8 Å². The van der Waals surface area contributed by atoms with Gasteiger partial charge in [0.15, 0.2) is 5.82 Å². The number of para-hydroxylation sites is 1. The zero-order chi connectivity index (χ0) is 24.7. The van der Waals surface area contributed by atoms with Crippen LogP contribution in [0.25, 0.3) is 33.5 Å². The highest BCUT2D eigenvalue weighted by Crippen LogP contribution is 2.35. The fourth-order valence-corrected chi connectivity index (χ4v) is 5.16. The fourth-order valence-electron chi connectivity index (χ4n) is 5.16. The van der Waals surface area contributed by atoms with E-state index in [1.165, 1.54) is 0 Å². The third-order valence-electron chi connectivity index (χ3n) is 6.99. The third-order valence-corrected chi connectivity index (χ3v) is 6.99. The first-order valence-corrected chi connectivity index (χ1v) is 12.2. The van der Waals surface area contributed by atoms with E-state index >= 15 is 0 Å². The van der Waals surface area contributed by atoms with Crippen LogP contribution >= 0.6 is 12.4 Å². The Labute approximate surface area is 217 Å². The van der Waals surface area contributed by atoms with E-state index in [4.69, 9.17) is 15.5 Å². The van der Waals surface area contributed by atoms with Crippen molar-refractivity contribution in [3.05, 3.63) is 48.0 Å². The van der Waals surface area contributed by atoms with Gasteiger partial charge in [0.2, 0.25) is 0 Å². The van der Waals surface area contributed by atoms with Crippen molar-refractivity contribution in [2.75, 3.05) is 26.8 Å². The zero-order valence-electron chi connectivity index (χ0n) is 21.0. The van der Waals surface area contributed by atoms with Gasteiger partial charge in [0.05, 0.1) is 18.3 Å². The van der Waals surface area contributed by atoms with Gasteiger partial charge in [-0.25, -0.2) is 4.98 Å². The number of nitrogens with two attached hydrogens (primary N) is 1. The number of aromatic nitrogens is 3. The van der Waals surface area contributed by atoms with Crippen LogP contribution in [-0.4, -0.2) is 62.9 Å². The molecule has 0 unspecified atom stereocenters. The number of piperidine rings is 1. The molecule has 2 aromatic carbocycles. The predicted molar refractivity (Wildman–Crippen MR) is 145 cm³/mol. The predicted octanol–water partition coefficient (Wildman–Crippen LogP) is 3.82. The van der Waals surface area contributed by atoms with Gasteiger partial charge in [-0.3, -0.25) is 4.79 Å². The van der Waals surface area contributed by atoms with Crippen molar-refractivity contribution in [3.63, 3.8) is 0 Å². The van der Waals surface area contributed by atoms with Gasteiger partial charge in [0.1, 0.15) is 11.3 Å². The molecule has 192 valence electrons. The Bertz CT molecular complexity index is 1400. The molecular weight excluding hydrogens is 478 g/mol. The Kier molecular flexibility index (Phi) is 7.59. The molecule has 1 amide bonds. The number of amides is 1. The molecule has 0 radical (unpaired) electrons. The van der Waals surface area contributed by atoms with Crippen LogP contribution in [0.1, 0.15) is 30.1 Å². The maximum atomic E-state index is 13.3. The third kappa shape index (κ3) is 4.56. The Balaban J connectivity index is 0.00000304. The number of likely N-dealkylation sites (tertiary alicyclic amines) is 1. The number of rotatable bonds is 6. The lowest BCUT2D eigenvalue weighted by molar-refractivity contribution is 0.0708. The van der Waals surface area contributed by atoms with Crippen molar-refractivity contribution in [3.8, 4) is 17.3 Å². The van der Waals surface area contributed by atoms with Crippen LogP contribution in [0.3, 0.4) is 0 Å². The van der Waals surface area contributed by atoms with E-state index in [0.717, 1.165) is 40.8 Å². The number of ether oxygens (including phenoxy) is 1. The average Bonchev–Trinajstić information content (AvgIpc) is 3.40. The Morgan fingerprint density at radius 1 is 1.28 bits per heavy atom. The monoisotopic (exact) mass is 511 g/mol. The lowest BCUT2D eigenvalue weighted by atomic mass is 10.0. The van der Waals surface area contributed by atoms with Crippen molar-refractivity contribution >= 4 is 40.3 Å². The number of imidazole rings is 1. The first-order valence-electron chi connectivity index (χ1n) is 12.2. The second kappa shape index (κ2) is 10.5. The molecule has 1 fully saturated rings. The first kappa shape index (κ1) is 26.0. The molecule has 0 saturated carbocycles. The number of aliphatic hydroxyl groups excluding tert-OH is 1. The van der Waals surface area contributed by atoms with Gasteiger partial charge in [-0.15, -0.1) is 12.4 Å². The highest BCUT2D eigenvalue weighted by molar-refractivity contribution is 6.00. The molecule has 0 aliphatic carbocycles. The largest absolute Gasteiger partial charge is 0.494 e. The summed E-state index contributed by atoms with van der Waals surface area (Å²) < 4.78 is 9.97. The summed E-state index contributed by atoms with van der Waals surface area (Å²) in [6, 6.07) is 14.0. The van der Waals surface area contributed by atoms with Crippen LogP contribution < -0.4 is 10.5 Å². The molecule has 0 spiro atoms. The minimum Gasteiger partial charge on any atom is -0.494 e. The summed E-state index contributed by atoms with van der Waals surface area (Å²) in [5.74, 6) is 1.44. The lowest BCUT2D eigenvalue weighted by Crippen LogP contribution is -2.45. The molecule has 2 atom stereocenters. The molecule has 36 heavy (non-hydrogen) atoms. The van der Waals surface area contributed by atoms with E-state index in [9.17, 15) is 9.90 Å². The summed E-state index contributed by atoms with van der Waals surface area (Å²) in [6.07, 6.45) is 1.86. The van der Waals surface area contributed by atoms with Crippen molar-refractivity contribution in [1.82, 2.24) is 19.0 Å². The summed E-state index contributed by atoms with van der Waals surface area (Å²) in [7, 11) is 3.59. The molecule has 1 aliphatic rings. The molecule has 1 saturated heterocycles.